The van der Waals surface area contributed by atoms with Crippen LogP contribution in [0.5, 0.6) is 0 Å². The highest BCUT2D eigenvalue weighted by Gasteiger charge is 2.48. The molecule has 1 heterocycles. The van der Waals surface area contributed by atoms with Crippen molar-refractivity contribution in [3.8, 4) is 0 Å². The Morgan fingerprint density at radius 3 is 2.20 bits per heavy atom. The summed E-state index contributed by atoms with van der Waals surface area (Å²) in [6.45, 7) is 4.79. The number of carbonyl (C=O) groups excluding carboxylic acids is 1. The van der Waals surface area contributed by atoms with Crippen molar-refractivity contribution < 1.29 is 32.6 Å². The van der Waals surface area contributed by atoms with E-state index in [0.717, 1.165) is 0 Å². The van der Waals surface area contributed by atoms with Crippen LogP contribution in [0.1, 0.15) is 27.2 Å². The van der Waals surface area contributed by atoms with E-state index in [0.29, 0.717) is 12.1 Å². The number of carboxylic acid groups (broad SMARTS) is 1. The van der Waals surface area contributed by atoms with Crippen LogP contribution < -0.4 is 5.32 Å². The van der Waals surface area contributed by atoms with Crippen LogP contribution in [0.2, 0.25) is 0 Å². The van der Waals surface area contributed by atoms with Crippen molar-refractivity contribution in [2.75, 3.05) is 18.4 Å². The van der Waals surface area contributed by atoms with Crippen LogP contribution in [0.25, 0.3) is 0 Å². The summed E-state index contributed by atoms with van der Waals surface area (Å²) in [6, 6.07) is 0.981. The van der Waals surface area contributed by atoms with Crippen molar-refractivity contribution in [1.29, 1.82) is 0 Å². The molecule has 1 aromatic carbocycles. The topological polar surface area (TPSA) is 78.9 Å². The lowest BCUT2D eigenvalue weighted by atomic mass is 9.86. The Morgan fingerprint density at radius 2 is 1.76 bits per heavy atom. The minimum Gasteiger partial charge on any atom is -0.481 e. The van der Waals surface area contributed by atoms with E-state index in [-0.39, 0.29) is 13.1 Å². The molecule has 2 N–H and O–H groups in total. The van der Waals surface area contributed by atoms with E-state index in [2.05, 4.69) is 5.32 Å². The van der Waals surface area contributed by atoms with Gasteiger partial charge < -0.3 is 20.1 Å². The highest BCUT2D eigenvalue weighted by molar-refractivity contribution is 5.74. The van der Waals surface area contributed by atoms with Gasteiger partial charge in [-0.1, -0.05) is 0 Å². The quantitative estimate of drug-likeness (QED) is 0.863. The van der Waals surface area contributed by atoms with Gasteiger partial charge in [-0.05, 0) is 20.8 Å². The number of halogens is 3. The lowest BCUT2D eigenvalue weighted by Gasteiger charge is -2.50. The Morgan fingerprint density at radius 1 is 1.24 bits per heavy atom. The van der Waals surface area contributed by atoms with Gasteiger partial charge >= 0.3 is 12.1 Å². The first kappa shape index (κ1) is 18.9. The number of carboxylic acids is 1. The normalized spacial score (nSPS) is 16.2. The molecule has 1 aliphatic heterocycles. The molecule has 1 aliphatic rings. The Kier molecular flexibility index (Phi) is 4.87. The second kappa shape index (κ2) is 6.45. The van der Waals surface area contributed by atoms with Crippen LogP contribution in [0, 0.1) is 17.5 Å². The fourth-order valence-electron chi connectivity index (χ4n) is 2.59. The minimum atomic E-state index is -1.28. The average Bonchev–Trinajstić information content (AvgIpc) is 2.36. The van der Waals surface area contributed by atoms with Gasteiger partial charge in [-0.25, -0.2) is 18.0 Å². The number of ether oxygens (including phenoxy) is 1. The van der Waals surface area contributed by atoms with Crippen LogP contribution in [0.15, 0.2) is 12.1 Å². The molecule has 0 unspecified atom stereocenters. The van der Waals surface area contributed by atoms with Gasteiger partial charge in [0.05, 0.1) is 12.0 Å². The summed E-state index contributed by atoms with van der Waals surface area (Å²) in [7, 11) is 0. The first-order chi connectivity index (χ1) is 11.4. The third-order valence-electron chi connectivity index (χ3n) is 3.53. The van der Waals surface area contributed by atoms with Crippen molar-refractivity contribution in [2.24, 2.45) is 0 Å². The predicted molar refractivity (Wildman–Crippen MR) is 82.7 cm³/mol. The first-order valence-electron chi connectivity index (χ1n) is 7.53. The van der Waals surface area contributed by atoms with E-state index in [1.807, 2.05) is 0 Å². The molecule has 25 heavy (non-hydrogen) atoms. The fraction of sp³-hybridized carbons (Fsp3) is 0.500. The van der Waals surface area contributed by atoms with Gasteiger partial charge in [0.1, 0.15) is 17.1 Å². The number of benzene rings is 1. The van der Waals surface area contributed by atoms with Crippen molar-refractivity contribution in [3.63, 3.8) is 0 Å². The van der Waals surface area contributed by atoms with Gasteiger partial charge in [0, 0.05) is 25.2 Å². The summed E-state index contributed by atoms with van der Waals surface area (Å²) in [5.74, 6) is -4.66. The fourth-order valence-corrected chi connectivity index (χ4v) is 2.59. The number of amides is 1. The van der Waals surface area contributed by atoms with E-state index in [9.17, 15) is 22.8 Å². The minimum absolute atomic E-state index is 0.121. The van der Waals surface area contributed by atoms with Crippen molar-refractivity contribution >= 4 is 17.7 Å². The highest BCUT2D eigenvalue weighted by atomic mass is 19.1. The van der Waals surface area contributed by atoms with E-state index in [1.165, 1.54) is 4.90 Å². The van der Waals surface area contributed by atoms with Gasteiger partial charge in [0.25, 0.3) is 0 Å². The zero-order valence-electron chi connectivity index (χ0n) is 14.0. The summed E-state index contributed by atoms with van der Waals surface area (Å²) in [4.78, 5) is 24.3. The van der Waals surface area contributed by atoms with E-state index < -0.39 is 52.8 Å². The predicted octanol–water partition coefficient (Wildman–Crippen LogP) is 2.98. The van der Waals surface area contributed by atoms with Gasteiger partial charge in [0.15, 0.2) is 11.6 Å². The van der Waals surface area contributed by atoms with Gasteiger partial charge in [-0.2, -0.15) is 0 Å². The number of hydrogen-bond acceptors (Lipinski definition) is 4. The molecule has 1 amide bonds. The molecule has 0 saturated carbocycles. The summed E-state index contributed by atoms with van der Waals surface area (Å²) in [5.41, 5.74) is -2.64. The van der Waals surface area contributed by atoms with E-state index in [4.69, 9.17) is 9.84 Å². The molecule has 1 fully saturated rings. The van der Waals surface area contributed by atoms with Crippen LogP contribution in [-0.4, -0.2) is 46.3 Å². The number of hydrogen-bond donors (Lipinski definition) is 2. The maximum Gasteiger partial charge on any atom is 0.410 e. The molecule has 1 aromatic rings. The third kappa shape index (κ3) is 4.55. The lowest BCUT2D eigenvalue weighted by molar-refractivity contribution is -0.139. The average molecular weight is 360 g/mol. The molecule has 1 saturated heterocycles. The molecule has 0 radical (unpaired) electrons. The van der Waals surface area contributed by atoms with E-state index in [1.54, 1.807) is 20.8 Å². The van der Waals surface area contributed by atoms with Gasteiger partial charge in [0.2, 0.25) is 0 Å². The molecule has 0 aliphatic carbocycles. The zero-order valence-corrected chi connectivity index (χ0v) is 14.0. The second-order valence-corrected chi connectivity index (χ2v) is 7.06. The molecule has 138 valence electrons. The number of nitrogens with zero attached hydrogens (tertiary/aromatic N) is 1. The number of likely N-dealkylation sites (tertiary alicyclic amines) is 1. The standard InChI is InChI=1S/C16H19F3N2O4/c1-15(2,3)25-14(24)21-7-16(8-21,6-12(22)23)20-13-10(18)4-9(17)5-11(13)19/h4-5,20H,6-8H2,1-3H3,(H,22,23). The number of carbonyl (C=O) groups is 2. The number of anilines is 1. The van der Waals surface area contributed by atoms with E-state index >= 15 is 0 Å². The zero-order chi connectivity index (χ0) is 19.0. The SMILES string of the molecule is CC(C)(C)OC(=O)N1CC(CC(=O)O)(Nc2c(F)cc(F)cc2F)C1. The molecular weight excluding hydrogens is 341 g/mol. The monoisotopic (exact) mass is 360 g/mol. The smallest absolute Gasteiger partial charge is 0.410 e. The Labute approximate surface area is 142 Å². The first-order valence-corrected chi connectivity index (χ1v) is 7.53. The molecular formula is C16H19F3N2O4. The Bertz CT molecular complexity index is 674. The third-order valence-corrected chi connectivity index (χ3v) is 3.53. The van der Waals surface area contributed by atoms with Crippen LogP contribution in [-0.2, 0) is 9.53 Å². The second-order valence-electron chi connectivity index (χ2n) is 7.06. The maximum atomic E-state index is 13.8. The summed E-state index contributed by atoms with van der Waals surface area (Å²) in [5, 5.41) is 11.6. The molecule has 0 spiro atoms. The molecule has 2 rings (SSSR count). The van der Waals surface area contributed by atoms with Crippen molar-refractivity contribution in [1.82, 2.24) is 4.90 Å². The number of aliphatic carboxylic acids is 1. The molecule has 9 heteroatoms. The maximum absolute atomic E-state index is 13.8. The molecule has 0 atom stereocenters. The molecule has 0 bridgehead atoms. The Balaban J connectivity index is 2.17. The number of rotatable bonds is 4. The molecule has 0 aromatic heterocycles. The summed E-state index contributed by atoms with van der Waals surface area (Å²) >= 11 is 0. The summed E-state index contributed by atoms with van der Waals surface area (Å²) in [6.07, 6.45) is -1.14. The van der Waals surface area contributed by atoms with Gasteiger partial charge in [-0.3, -0.25) is 4.79 Å². The van der Waals surface area contributed by atoms with Gasteiger partial charge in [-0.15, -0.1) is 0 Å². The highest BCUT2D eigenvalue weighted by Crippen LogP contribution is 2.33. The largest absolute Gasteiger partial charge is 0.481 e. The van der Waals surface area contributed by atoms with Crippen LogP contribution in [0.4, 0.5) is 23.7 Å². The lowest BCUT2D eigenvalue weighted by Crippen LogP contribution is -2.68. The van der Waals surface area contributed by atoms with Crippen LogP contribution in [0.3, 0.4) is 0 Å². The molecule has 6 nitrogen and oxygen atoms in total. The van der Waals surface area contributed by atoms with Crippen LogP contribution >= 0.6 is 0 Å². The Hall–Kier alpha value is -2.45. The van der Waals surface area contributed by atoms with Crippen molar-refractivity contribution in [2.45, 2.75) is 38.3 Å². The number of nitrogens with one attached hydrogen (secondary N) is 1. The summed E-state index contributed by atoms with van der Waals surface area (Å²) < 4.78 is 45.8. The van der Waals surface area contributed by atoms with Crippen molar-refractivity contribution in [3.05, 3.63) is 29.6 Å².